The van der Waals surface area contributed by atoms with Gasteiger partial charge in [0.25, 0.3) is 0 Å². The molecule has 0 aromatic rings. The summed E-state index contributed by atoms with van der Waals surface area (Å²) in [6, 6.07) is 0. The summed E-state index contributed by atoms with van der Waals surface area (Å²) in [5.41, 5.74) is 0. The van der Waals surface area contributed by atoms with Crippen LogP contribution in [0.5, 0.6) is 0 Å². The standard InChI is InChI=1S/C12H25ClN2O2S/c1-12(11-15-7-3-4-8-15)10-14-18(16,17)9-5-2-6-13/h12,14H,2-11H2,1H3. The molecule has 1 heterocycles. The zero-order chi connectivity index (χ0) is 13.4. The number of alkyl halides is 1. The van der Waals surface area contributed by atoms with Crippen LogP contribution in [0.25, 0.3) is 0 Å². The van der Waals surface area contributed by atoms with Crippen molar-refractivity contribution in [3.05, 3.63) is 0 Å². The van der Waals surface area contributed by atoms with Crippen LogP contribution in [0.2, 0.25) is 0 Å². The van der Waals surface area contributed by atoms with E-state index in [9.17, 15) is 8.42 Å². The van der Waals surface area contributed by atoms with Gasteiger partial charge in [0.1, 0.15) is 0 Å². The summed E-state index contributed by atoms with van der Waals surface area (Å²) in [6.45, 7) is 5.95. The smallest absolute Gasteiger partial charge is 0.211 e. The summed E-state index contributed by atoms with van der Waals surface area (Å²) < 4.78 is 26.1. The SMILES string of the molecule is CC(CNS(=O)(=O)CCCCCl)CN1CCCC1. The van der Waals surface area contributed by atoms with Crippen LogP contribution in [-0.4, -0.2) is 51.1 Å². The van der Waals surface area contributed by atoms with Crippen molar-refractivity contribution in [2.24, 2.45) is 5.92 Å². The number of nitrogens with zero attached hydrogens (tertiary/aromatic N) is 1. The first-order chi connectivity index (χ1) is 8.53. The molecule has 1 saturated heterocycles. The summed E-state index contributed by atoms with van der Waals surface area (Å²) in [6.07, 6.45) is 3.94. The van der Waals surface area contributed by atoms with Crippen molar-refractivity contribution in [3.8, 4) is 0 Å². The van der Waals surface area contributed by atoms with E-state index in [1.54, 1.807) is 0 Å². The average Bonchev–Trinajstić information content (AvgIpc) is 2.80. The number of unbranched alkanes of at least 4 members (excludes halogenated alkanes) is 1. The van der Waals surface area contributed by atoms with Gasteiger partial charge in [0.05, 0.1) is 5.75 Å². The van der Waals surface area contributed by atoms with Gasteiger partial charge in [0.2, 0.25) is 10.0 Å². The largest absolute Gasteiger partial charge is 0.303 e. The van der Waals surface area contributed by atoms with Crippen LogP contribution in [0.4, 0.5) is 0 Å². The number of nitrogens with one attached hydrogen (secondary N) is 1. The summed E-state index contributed by atoms with van der Waals surface area (Å²) in [4.78, 5) is 2.41. The maximum atomic E-state index is 11.7. The van der Waals surface area contributed by atoms with Gasteiger partial charge in [-0.15, -0.1) is 11.6 Å². The van der Waals surface area contributed by atoms with Crippen LogP contribution in [0.1, 0.15) is 32.6 Å². The van der Waals surface area contributed by atoms with E-state index in [0.29, 0.717) is 24.8 Å². The minimum Gasteiger partial charge on any atom is -0.303 e. The predicted octanol–water partition coefficient (Wildman–Crippen LogP) is 1.66. The monoisotopic (exact) mass is 296 g/mol. The lowest BCUT2D eigenvalue weighted by Gasteiger charge is -2.20. The highest BCUT2D eigenvalue weighted by molar-refractivity contribution is 7.89. The van der Waals surface area contributed by atoms with Crippen LogP contribution < -0.4 is 4.72 Å². The zero-order valence-electron chi connectivity index (χ0n) is 11.2. The highest BCUT2D eigenvalue weighted by atomic mass is 35.5. The molecule has 1 N–H and O–H groups in total. The van der Waals surface area contributed by atoms with Gasteiger partial charge < -0.3 is 4.90 Å². The molecule has 1 fully saturated rings. The van der Waals surface area contributed by atoms with Crippen molar-refractivity contribution >= 4 is 21.6 Å². The lowest BCUT2D eigenvalue weighted by molar-refractivity contribution is 0.288. The Morgan fingerprint density at radius 1 is 1.28 bits per heavy atom. The number of rotatable bonds is 9. The fraction of sp³-hybridized carbons (Fsp3) is 1.00. The van der Waals surface area contributed by atoms with Gasteiger partial charge in [-0.05, 0) is 44.7 Å². The zero-order valence-corrected chi connectivity index (χ0v) is 12.8. The number of halogens is 1. The van der Waals surface area contributed by atoms with E-state index in [2.05, 4.69) is 16.5 Å². The Morgan fingerprint density at radius 2 is 1.94 bits per heavy atom. The first kappa shape index (κ1) is 16.2. The summed E-state index contributed by atoms with van der Waals surface area (Å²) in [5.74, 6) is 1.09. The maximum Gasteiger partial charge on any atom is 0.211 e. The molecular formula is C12H25ClN2O2S. The molecule has 0 amide bonds. The fourth-order valence-corrected chi connectivity index (χ4v) is 3.65. The topological polar surface area (TPSA) is 49.4 Å². The van der Waals surface area contributed by atoms with Crippen molar-refractivity contribution in [1.29, 1.82) is 0 Å². The third-order valence-electron chi connectivity index (χ3n) is 3.22. The van der Waals surface area contributed by atoms with Gasteiger partial charge in [-0.2, -0.15) is 0 Å². The Kier molecular flexibility index (Phi) is 7.53. The third-order valence-corrected chi connectivity index (χ3v) is 4.92. The second kappa shape index (κ2) is 8.35. The Bertz CT molecular complexity index is 316. The van der Waals surface area contributed by atoms with Gasteiger partial charge >= 0.3 is 0 Å². The van der Waals surface area contributed by atoms with Crippen molar-refractivity contribution in [2.75, 3.05) is 37.8 Å². The van der Waals surface area contributed by atoms with E-state index in [-0.39, 0.29) is 5.75 Å². The average molecular weight is 297 g/mol. The molecule has 1 unspecified atom stereocenters. The molecule has 18 heavy (non-hydrogen) atoms. The van der Waals surface area contributed by atoms with Crippen molar-refractivity contribution < 1.29 is 8.42 Å². The molecule has 4 nitrogen and oxygen atoms in total. The molecular weight excluding hydrogens is 272 g/mol. The molecule has 1 aliphatic rings. The Balaban J connectivity index is 2.17. The quantitative estimate of drug-likeness (QED) is 0.520. The molecule has 1 rings (SSSR count). The number of hydrogen-bond donors (Lipinski definition) is 1. The first-order valence-corrected chi connectivity index (χ1v) is 8.98. The van der Waals surface area contributed by atoms with Crippen LogP contribution in [0.3, 0.4) is 0 Å². The molecule has 0 saturated carbocycles. The second-order valence-corrected chi connectivity index (χ2v) is 7.48. The molecule has 1 atom stereocenters. The molecule has 0 aromatic carbocycles. The highest BCUT2D eigenvalue weighted by Crippen LogP contribution is 2.10. The van der Waals surface area contributed by atoms with Crippen LogP contribution in [0.15, 0.2) is 0 Å². The summed E-state index contributed by atoms with van der Waals surface area (Å²) in [5, 5.41) is 0. The van der Waals surface area contributed by atoms with E-state index < -0.39 is 10.0 Å². The Morgan fingerprint density at radius 3 is 2.56 bits per heavy atom. The van der Waals surface area contributed by atoms with E-state index in [1.807, 2.05) is 0 Å². The number of likely N-dealkylation sites (tertiary alicyclic amines) is 1. The van der Waals surface area contributed by atoms with Gasteiger partial charge in [-0.3, -0.25) is 0 Å². The number of sulfonamides is 1. The predicted molar refractivity (Wildman–Crippen MR) is 76.6 cm³/mol. The second-order valence-electron chi connectivity index (χ2n) is 5.18. The summed E-state index contributed by atoms with van der Waals surface area (Å²) >= 11 is 5.53. The van der Waals surface area contributed by atoms with Crippen LogP contribution >= 0.6 is 11.6 Å². The normalized spacial score (nSPS) is 19.2. The molecule has 0 aromatic heterocycles. The lowest BCUT2D eigenvalue weighted by atomic mass is 10.2. The lowest BCUT2D eigenvalue weighted by Crippen LogP contribution is -2.35. The van der Waals surface area contributed by atoms with Crippen molar-refractivity contribution in [1.82, 2.24) is 9.62 Å². The Hall–Kier alpha value is 0.160. The molecule has 6 heteroatoms. The number of hydrogen-bond acceptors (Lipinski definition) is 3. The van der Waals surface area contributed by atoms with Crippen LogP contribution in [-0.2, 0) is 10.0 Å². The van der Waals surface area contributed by atoms with Gasteiger partial charge in [-0.1, -0.05) is 6.92 Å². The van der Waals surface area contributed by atoms with Gasteiger partial charge in [0, 0.05) is 19.0 Å². The highest BCUT2D eigenvalue weighted by Gasteiger charge is 2.16. The minimum absolute atomic E-state index is 0.191. The Labute approximate surface area is 116 Å². The van der Waals surface area contributed by atoms with Crippen molar-refractivity contribution in [3.63, 3.8) is 0 Å². The summed E-state index contributed by atoms with van der Waals surface area (Å²) in [7, 11) is -3.11. The molecule has 1 aliphatic heterocycles. The molecule has 0 radical (unpaired) electrons. The van der Waals surface area contributed by atoms with Gasteiger partial charge in [-0.25, -0.2) is 13.1 Å². The van der Waals surface area contributed by atoms with E-state index in [1.165, 1.54) is 12.8 Å². The first-order valence-electron chi connectivity index (χ1n) is 6.79. The third kappa shape index (κ3) is 6.92. The molecule has 0 aliphatic carbocycles. The van der Waals surface area contributed by atoms with Crippen LogP contribution in [0, 0.1) is 5.92 Å². The minimum atomic E-state index is -3.11. The maximum absolute atomic E-state index is 11.7. The van der Waals surface area contributed by atoms with E-state index >= 15 is 0 Å². The molecule has 0 spiro atoms. The molecule has 0 bridgehead atoms. The van der Waals surface area contributed by atoms with E-state index in [4.69, 9.17) is 11.6 Å². The fourth-order valence-electron chi connectivity index (χ4n) is 2.20. The van der Waals surface area contributed by atoms with E-state index in [0.717, 1.165) is 26.1 Å². The van der Waals surface area contributed by atoms with Gasteiger partial charge in [0.15, 0.2) is 0 Å². The van der Waals surface area contributed by atoms with Crippen molar-refractivity contribution in [2.45, 2.75) is 32.6 Å². The molecule has 108 valence electrons.